The molecule has 34 heavy (non-hydrogen) atoms. The first-order valence-electron chi connectivity index (χ1n) is 11.1. The molecule has 0 bridgehead atoms. The van der Waals surface area contributed by atoms with Gasteiger partial charge in [-0.3, -0.25) is 4.79 Å². The Morgan fingerprint density at radius 3 is 1.91 bits per heavy atom. The second-order valence-electron chi connectivity index (χ2n) is 10.9. The number of hydrogen-bond acceptors (Lipinski definition) is 7. The van der Waals surface area contributed by atoms with Crippen molar-refractivity contribution in [1.82, 2.24) is 9.97 Å². The van der Waals surface area contributed by atoms with Gasteiger partial charge in [-0.15, -0.1) is 24.8 Å². The molecule has 1 amide bonds. The number of benzene rings is 1. The van der Waals surface area contributed by atoms with Gasteiger partial charge in [-0.1, -0.05) is 47.6 Å². The molecule has 2 heterocycles. The van der Waals surface area contributed by atoms with Gasteiger partial charge in [-0.25, -0.2) is 4.98 Å². The molecule has 0 spiro atoms. The van der Waals surface area contributed by atoms with Crippen molar-refractivity contribution in [2.24, 2.45) is 17.2 Å². The van der Waals surface area contributed by atoms with Gasteiger partial charge < -0.3 is 27.4 Å². The standard InChI is InChI=1S/C24H37N7O.2ClH/c1-23(2,3)14-7-15(24(4,5)6)9-18(8-14)29-21-19(20(27)32)11-28-22(30-21)31-12-16(25)10-17(26)13-31;;/h7-9,11,16-17H,10,12-13,25-26H2,1-6H3,(H2,27,32)(H,28,29,30);2*1H/t16-,17+;;. The highest BCUT2D eigenvalue weighted by atomic mass is 35.5. The van der Waals surface area contributed by atoms with Crippen molar-refractivity contribution >= 4 is 48.2 Å². The second-order valence-corrected chi connectivity index (χ2v) is 10.9. The Hall–Kier alpha value is -2.13. The number of nitrogens with one attached hydrogen (secondary N) is 1. The van der Waals surface area contributed by atoms with E-state index >= 15 is 0 Å². The maximum atomic E-state index is 12.1. The van der Waals surface area contributed by atoms with Crippen molar-refractivity contribution in [2.45, 2.75) is 70.9 Å². The molecule has 190 valence electrons. The molecule has 0 unspecified atom stereocenters. The van der Waals surface area contributed by atoms with Crippen molar-refractivity contribution in [2.75, 3.05) is 23.3 Å². The zero-order valence-corrected chi connectivity index (χ0v) is 22.5. The number of primary amides is 1. The van der Waals surface area contributed by atoms with E-state index in [-0.39, 0.29) is 53.3 Å². The van der Waals surface area contributed by atoms with Crippen LogP contribution in [0.25, 0.3) is 0 Å². The van der Waals surface area contributed by atoms with Crippen LogP contribution in [0.4, 0.5) is 17.5 Å². The molecule has 1 fully saturated rings. The number of carbonyl (C=O) groups excluding carboxylic acids is 1. The van der Waals surface area contributed by atoms with Crippen molar-refractivity contribution < 1.29 is 4.79 Å². The molecule has 0 radical (unpaired) electrons. The highest BCUT2D eigenvalue weighted by Crippen LogP contribution is 2.33. The highest BCUT2D eigenvalue weighted by Gasteiger charge is 2.26. The lowest BCUT2D eigenvalue weighted by Gasteiger charge is -2.34. The van der Waals surface area contributed by atoms with Gasteiger partial charge in [0.05, 0.1) is 0 Å². The van der Waals surface area contributed by atoms with Gasteiger partial charge in [0.25, 0.3) is 5.91 Å². The number of amides is 1. The Morgan fingerprint density at radius 1 is 0.971 bits per heavy atom. The minimum atomic E-state index is -0.589. The van der Waals surface area contributed by atoms with Crippen LogP contribution in [-0.4, -0.2) is 41.0 Å². The van der Waals surface area contributed by atoms with Crippen molar-refractivity contribution in [1.29, 1.82) is 0 Å². The third kappa shape index (κ3) is 7.18. The smallest absolute Gasteiger partial charge is 0.254 e. The summed E-state index contributed by atoms with van der Waals surface area (Å²) in [5.41, 5.74) is 21.3. The van der Waals surface area contributed by atoms with Crippen LogP contribution in [0.3, 0.4) is 0 Å². The zero-order chi connectivity index (χ0) is 23.8. The topological polar surface area (TPSA) is 136 Å². The molecule has 8 nitrogen and oxygen atoms in total. The number of piperidine rings is 1. The first-order chi connectivity index (χ1) is 14.7. The molecule has 3 rings (SSSR count). The maximum Gasteiger partial charge on any atom is 0.254 e. The average molecular weight is 513 g/mol. The Morgan fingerprint density at radius 2 is 1.47 bits per heavy atom. The Bertz CT molecular complexity index is 960. The van der Waals surface area contributed by atoms with Crippen LogP contribution < -0.4 is 27.4 Å². The molecule has 1 aromatic carbocycles. The van der Waals surface area contributed by atoms with Gasteiger partial charge in [-0.05, 0) is 40.5 Å². The summed E-state index contributed by atoms with van der Waals surface area (Å²) in [6.45, 7) is 14.3. The molecule has 0 saturated carbocycles. The quantitative estimate of drug-likeness (QED) is 0.491. The SMILES string of the molecule is CC(C)(C)c1cc(Nc2nc(N3C[C@H](N)C[C@H](N)C3)ncc2C(N)=O)cc(C(C)(C)C)c1.Cl.Cl. The van der Waals surface area contributed by atoms with Gasteiger partial charge in [0, 0.05) is 37.1 Å². The molecule has 1 aliphatic rings. The number of nitrogens with zero attached hydrogens (tertiary/aromatic N) is 3. The molecule has 1 aromatic heterocycles. The molecule has 7 N–H and O–H groups in total. The van der Waals surface area contributed by atoms with Crippen molar-refractivity contribution in [3.8, 4) is 0 Å². The average Bonchev–Trinajstić information content (AvgIpc) is 2.65. The van der Waals surface area contributed by atoms with Crippen LogP contribution in [0.2, 0.25) is 0 Å². The van der Waals surface area contributed by atoms with E-state index in [9.17, 15) is 4.79 Å². The minimum absolute atomic E-state index is 0. The number of halogens is 2. The summed E-state index contributed by atoms with van der Waals surface area (Å²) in [5.74, 6) is 0.265. The number of anilines is 3. The van der Waals surface area contributed by atoms with E-state index < -0.39 is 5.91 Å². The summed E-state index contributed by atoms with van der Waals surface area (Å²) in [4.78, 5) is 23.1. The van der Waals surface area contributed by atoms with E-state index in [1.54, 1.807) is 0 Å². The Kier molecular flexibility index (Phi) is 9.74. The van der Waals surface area contributed by atoms with E-state index in [2.05, 4.69) is 75.0 Å². The van der Waals surface area contributed by atoms with Gasteiger partial charge in [0.2, 0.25) is 5.95 Å². The summed E-state index contributed by atoms with van der Waals surface area (Å²) >= 11 is 0. The fraction of sp³-hybridized carbons (Fsp3) is 0.542. The number of hydrogen-bond donors (Lipinski definition) is 4. The van der Waals surface area contributed by atoms with Crippen LogP contribution in [-0.2, 0) is 10.8 Å². The normalized spacial score (nSPS) is 18.5. The molecular weight excluding hydrogens is 473 g/mol. The van der Waals surface area contributed by atoms with Gasteiger partial charge in [-0.2, -0.15) is 4.98 Å². The number of rotatable bonds is 4. The van der Waals surface area contributed by atoms with Crippen LogP contribution in [0, 0.1) is 0 Å². The van der Waals surface area contributed by atoms with E-state index in [0.29, 0.717) is 24.9 Å². The van der Waals surface area contributed by atoms with Gasteiger partial charge in [0.15, 0.2) is 0 Å². The summed E-state index contributed by atoms with van der Waals surface area (Å²) in [5, 5.41) is 3.34. The lowest BCUT2D eigenvalue weighted by atomic mass is 9.80. The van der Waals surface area contributed by atoms with E-state index in [0.717, 1.165) is 12.1 Å². The number of carbonyl (C=O) groups is 1. The summed E-state index contributed by atoms with van der Waals surface area (Å²) < 4.78 is 0. The molecule has 0 aliphatic carbocycles. The van der Waals surface area contributed by atoms with Gasteiger partial charge in [0.1, 0.15) is 11.4 Å². The maximum absolute atomic E-state index is 12.1. The van der Waals surface area contributed by atoms with Crippen molar-refractivity contribution in [3.63, 3.8) is 0 Å². The third-order valence-electron chi connectivity index (χ3n) is 5.77. The van der Waals surface area contributed by atoms with Crippen LogP contribution in [0.5, 0.6) is 0 Å². The number of nitrogens with two attached hydrogens (primary N) is 3. The molecular formula is C24H39Cl2N7O. The molecule has 1 saturated heterocycles. The lowest BCUT2D eigenvalue weighted by molar-refractivity contribution is 0.100. The summed E-state index contributed by atoms with van der Waals surface area (Å²) in [6.07, 6.45) is 2.23. The van der Waals surface area contributed by atoms with Crippen molar-refractivity contribution in [3.05, 3.63) is 41.1 Å². The number of aromatic nitrogens is 2. The highest BCUT2D eigenvalue weighted by molar-refractivity contribution is 5.98. The zero-order valence-electron chi connectivity index (χ0n) is 20.9. The third-order valence-corrected chi connectivity index (χ3v) is 5.77. The molecule has 1 aliphatic heterocycles. The summed E-state index contributed by atoms with van der Waals surface area (Å²) in [7, 11) is 0. The largest absolute Gasteiger partial charge is 0.365 e. The molecule has 2 aromatic rings. The fourth-order valence-electron chi connectivity index (χ4n) is 3.84. The first kappa shape index (κ1) is 29.9. The van der Waals surface area contributed by atoms with Crippen LogP contribution in [0.1, 0.15) is 69.4 Å². The van der Waals surface area contributed by atoms with Gasteiger partial charge >= 0.3 is 0 Å². The van der Waals surface area contributed by atoms with E-state index in [1.807, 2.05) is 4.90 Å². The van der Waals surface area contributed by atoms with Crippen LogP contribution in [0.15, 0.2) is 24.4 Å². The first-order valence-corrected chi connectivity index (χ1v) is 11.1. The fourth-order valence-corrected chi connectivity index (χ4v) is 3.84. The molecule has 2 atom stereocenters. The van der Waals surface area contributed by atoms with Crippen LogP contribution >= 0.6 is 24.8 Å². The molecule has 10 heteroatoms. The van der Waals surface area contributed by atoms with E-state index in [4.69, 9.17) is 17.2 Å². The van der Waals surface area contributed by atoms with E-state index in [1.165, 1.54) is 17.3 Å². The minimum Gasteiger partial charge on any atom is -0.365 e. The predicted octanol–water partition coefficient (Wildman–Crippen LogP) is 3.62. The second kappa shape index (κ2) is 11.1. The Balaban J connectivity index is 0.00000289. The predicted molar refractivity (Wildman–Crippen MR) is 145 cm³/mol. The lowest BCUT2D eigenvalue weighted by Crippen LogP contribution is -2.52. The Labute approximate surface area is 215 Å². The summed E-state index contributed by atoms with van der Waals surface area (Å²) in [6, 6.07) is 6.32. The monoisotopic (exact) mass is 511 g/mol.